The Hall–Kier alpha value is -3.07. The molecule has 1 aromatic heterocycles. The van der Waals surface area contributed by atoms with Gasteiger partial charge in [-0.25, -0.2) is 4.68 Å². The van der Waals surface area contributed by atoms with Crippen LogP contribution in [0.2, 0.25) is 0 Å². The Morgan fingerprint density at radius 1 is 1.14 bits per heavy atom. The number of carbonyl (C=O) groups is 1. The second-order valence-electron chi connectivity index (χ2n) is 6.39. The summed E-state index contributed by atoms with van der Waals surface area (Å²) >= 11 is 1.31. The van der Waals surface area contributed by atoms with Crippen molar-refractivity contribution in [3.8, 4) is 17.2 Å². The summed E-state index contributed by atoms with van der Waals surface area (Å²) in [4.78, 5) is 12.6. The fourth-order valence-corrected chi connectivity index (χ4v) is 3.62. The zero-order chi connectivity index (χ0) is 20.1. The molecule has 0 saturated heterocycles. The molecule has 4 rings (SSSR count). The van der Waals surface area contributed by atoms with E-state index in [1.165, 1.54) is 11.8 Å². The van der Waals surface area contributed by atoms with Gasteiger partial charge in [-0.15, -0.1) is 5.10 Å². The number of fused-ring (bicyclic) bond motifs is 1. The first-order valence-electron chi connectivity index (χ1n) is 9.17. The quantitative estimate of drug-likeness (QED) is 0.432. The highest BCUT2D eigenvalue weighted by atomic mass is 32.2. The highest BCUT2D eigenvalue weighted by Gasteiger charge is 2.16. The van der Waals surface area contributed by atoms with Gasteiger partial charge in [0.2, 0.25) is 5.16 Å². The van der Waals surface area contributed by atoms with Gasteiger partial charge < -0.3 is 14.2 Å². The summed E-state index contributed by atoms with van der Waals surface area (Å²) in [6.45, 7) is 1.71. The summed E-state index contributed by atoms with van der Waals surface area (Å²) in [5.74, 6) is 2.28. The third-order valence-corrected chi connectivity index (χ3v) is 5.35. The van der Waals surface area contributed by atoms with Crippen LogP contribution in [0.4, 0.5) is 0 Å². The van der Waals surface area contributed by atoms with Crippen molar-refractivity contribution in [1.29, 1.82) is 0 Å². The SMILES string of the molecule is COc1ccc(Cn2nnnc2SCC(=O)c2ccc3c(c2)OCCCO3)cc1. The molecule has 8 nitrogen and oxygen atoms in total. The molecule has 2 heterocycles. The lowest BCUT2D eigenvalue weighted by atomic mass is 10.1. The van der Waals surface area contributed by atoms with Crippen LogP contribution in [-0.2, 0) is 6.54 Å². The third kappa shape index (κ3) is 4.68. The average Bonchev–Trinajstić information content (AvgIpc) is 3.05. The predicted octanol–water partition coefficient (Wildman–Crippen LogP) is 2.87. The molecule has 0 aliphatic carbocycles. The van der Waals surface area contributed by atoms with Crippen molar-refractivity contribution in [2.75, 3.05) is 26.1 Å². The third-order valence-electron chi connectivity index (χ3n) is 4.39. The maximum absolute atomic E-state index is 12.6. The molecule has 150 valence electrons. The molecule has 1 aliphatic rings. The summed E-state index contributed by atoms with van der Waals surface area (Å²) in [5, 5.41) is 12.4. The maximum atomic E-state index is 12.6. The smallest absolute Gasteiger partial charge is 0.210 e. The number of ketones is 1. The van der Waals surface area contributed by atoms with Gasteiger partial charge in [-0.05, 0) is 46.3 Å². The Morgan fingerprint density at radius 2 is 1.93 bits per heavy atom. The van der Waals surface area contributed by atoms with Gasteiger partial charge in [0.1, 0.15) is 5.75 Å². The number of nitrogens with zero attached hydrogens (tertiary/aromatic N) is 4. The largest absolute Gasteiger partial charge is 0.497 e. The molecule has 0 spiro atoms. The van der Waals surface area contributed by atoms with E-state index >= 15 is 0 Å². The van der Waals surface area contributed by atoms with Crippen LogP contribution in [0.5, 0.6) is 17.2 Å². The molecule has 29 heavy (non-hydrogen) atoms. The van der Waals surface area contributed by atoms with E-state index in [9.17, 15) is 4.79 Å². The molecule has 0 saturated carbocycles. The van der Waals surface area contributed by atoms with Crippen LogP contribution in [0.3, 0.4) is 0 Å². The van der Waals surface area contributed by atoms with Crippen molar-refractivity contribution in [3.63, 3.8) is 0 Å². The number of hydrogen-bond donors (Lipinski definition) is 0. The summed E-state index contributed by atoms with van der Waals surface area (Å²) in [5.41, 5.74) is 1.62. The van der Waals surface area contributed by atoms with Gasteiger partial charge in [0.15, 0.2) is 17.3 Å². The number of carbonyl (C=O) groups excluding carboxylic acids is 1. The Kier molecular flexibility index (Phi) is 5.95. The summed E-state index contributed by atoms with van der Waals surface area (Å²) in [6.07, 6.45) is 0.824. The van der Waals surface area contributed by atoms with Gasteiger partial charge in [-0.3, -0.25) is 4.79 Å². The van der Waals surface area contributed by atoms with Gasteiger partial charge in [-0.2, -0.15) is 0 Å². The number of methoxy groups -OCH3 is 1. The van der Waals surface area contributed by atoms with Crippen LogP contribution in [0.15, 0.2) is 47.6 Å². The lowest BCUT2D eigenvalue weighted by Crippen LogP contribution is -2.07. The second kappa shape index (κ2) is 8.95. The van der Waals surface area contributed by atoms with Crippen molar-refractivity contribution in [3.05, 3.63) is 53.6 Å². The maximum Gasteiger partial charge on any atom is 0.210 e. The normalized spacial score (nSPS) is 13.0. The summed E-state index contributed by atoms with van der Waals surface area (Å²) in [6, 6.07) is 13.0. The molecular weight excluding hydrogens is 392 g/mol. The van der Waals surface area contributed by atoms with Gasteiger partial charge in [0.05, 0.1) is 32.6 Å². The molecule has 0 unspecified atom stereocenters. The highest BCUT2D eigenvalue weighted by molar-refractivity contribution is 7.99. The first-order chi connectivity index (χ1) is 14.2. The molecule has 0 atom stereocenters. The van der Waals surface area contributed by atoms with Crippen LogP contribution in [0.25, 0.3) is 0 Å². The minimum Gasteiger partial charge on any atom is -0.497 e. The lowest BCUT2D eigenvalue weighted by Gasteiger charge is -2.09. The van der Waals surface area contributed by atoms with E-state index in [1.807, 2.05) is 24.3 Å². The van der Waals surface area contributed by atoms with Crippen molar-refractivity contribution in [1.82, 2.24) is 20.2 Å². The van der Waals surface area contributed by atoms with Crippen molar-refractivity contribution in [2.24, 2.45) is 0 Å². The number of thioether (sulfide) groups is 1. The first kappa shape index (κ1) is 19.3. The Balaban J connectivity index is 1.40. The van der Waals surface area contributed by atoms with Crippen LogP contribution >= 0.6 is 11.8 Å². The van der Waals surface area contributed by atoms with Crippen molar-refractivity contribution >= 4 is 17.5 Å². The topological polar surface area (TPSA) is 88.4 Å². The van der Waals surface area contributed by atoms with E-state index in [0.717, 1.165) is 17.7 Å². The van der Waals surface area contributed by atoms with Crippen LogP contribution in [0, 0.1) is 0 Å². The number of hydrogen-bond acceptors (Lipinski definition) is 8. The molecule has 0 radical (unpaired) electrons. The zero-order valence-corrected chi connectivity index (χ0v) is 16.7. The van der Waals surface area contributed by atoms with Crippen molar-refractivity contribution in [2.45, 2.75) is 18.1 Å². The summed E-state index contributed by atoms with van der Waals surface area (Å²) in [7, 11) is 1.63. The Labute approximate surface area is 172 Å². The van der Waals surface area contributed by atoms with Gasteiger partial charge in [0.25, 0.3) is 0 Å². The monoisotopic (exact) mass is 412 g/mol. The number of benzene rings is 2. The van der Waals surface area contributed by atoms with Gasteiger partial charge in [0, 0.05) is 12.0 Å². The molecule has 0 bridgehead atoms. The predicted molar refractivity (Wildman–Crippen MR) is 107 cm³/mol. The lowest BCUT2D eigenvalue weighted by molar-refractivity contribution is 0.102. The Bertz CT molecular complexity index is 990. The molecule has 2 aromatic carbocycles. The van der Waals surface area contributed by atoms with E-state index in [1.54, 1.807) is 30.0 Å². The highest BCUT2D eigenvalue weighted by Crippen LogP contribution is 2.31. The van der Waals surface area contributed by atoms with Crippen LogP contribution in [-0.4, -0.2) is 52.1 Å². The second-order valence-corrected chi connectivity index (χ2v) is 7.33. The standard InChI is InChI=1S/C20H20N4O4S/c1-26-16-6-3-14(4-7-16)12-24-20(21-22-23-24)29-13-17(25)15-5-8-18-19(11-15)28-10-2-9-27-18/h3-8,11H,2,9-10,12-13H2,1H3. The number of tetrazole rings is 1. The average molecular weight is 412 g/mol. The summed E-state index contributed by atoms with van der Waals surface area (Å²) < 4.78 is 18.1. The van der Waals surface area contributed by atoms with Crippen LogP contribution in [0.1, 0.15) is 22.3 Å². The van der Waals surface area contributed by atoms with E-state index in [4.69, 9.17) is 14.2 Å². The number of rotatable bonds is 7. The number of ether oxygens (including phenoxy) is 3. The van der Waals surface area contributed by atoms with Gasteiger partial charge >= 0.3 is 0 Å². The number of Topliss-reactive ketones (excluding diaryl/α,β-unsaturated/α-hetero) is 1. The first-order valence-corrected chi connectivity index (χ1v) is 10.2. The Morgan fingerprint density at radius 3 is 2.72 bits per heavy atom. The van der Waals surface area contributed by atoms with E-state index in [-0.39, 0.29) is 11.5 Å². The van der Waals surface area contributed by atoms with E-state index < -0.39 is 0 Å². The minimum absolute atomic E-state index is 0.0235. The fourth-order valence-electron chi connectivity index (χ4n) is 2.85. The zero-order valence-electron chi connectivity index (χ0n) is 15.9. The molecule has 0 amide bonds. The molecule has 0 fully saturated rings. The van der Waals surface area contributed by atoms with Crippen molar-refractivity contribution < 1.29 is 19.0 Å². The minimum atomic E-state index is -0.0235. The molecule has 0 N–H and O–H groups in total. The molecule has 3 aromatic rings. The van der Waals surface area contributed by atoms with Gasteiger partial charge in [-0.1, -0.05) is 23.9 Å². The van der Waals surface area contributed by atoms with E-state index in [2.05, 4.69) is 15.5 Å². The fraction of sp³-hybridized carbons (Fsp3) is 0.300. The molecule has 9 heteroatoms. The van der Waals surface area contributed by atoms with E-state index in [0.29, 0.717) is 42.0 Å². The number of aromatic nitrogens is 4. The molecular formula is C20H20N4O4S. The molecule has 1 aliphatic heterocycles. The van der Waals surface area contributed by atoms with Crippen LogP contribution < -0.4 is 14.2 Å².